The van der Waals surface area contributed by atoms with Gasteiger partial charge in [-0.25, -0.2) is 0 Å². The minimum atomic E-state index is -4.21. The Balaban J connectivity index is 2.81. The van der Waals surface area contributed by atoms with Crippen molar-refractivity contribution in [3.8, 4) is 0 Å². The summed E-state index contributed by atoms with van der Waals surface area (Å²) in [7, 11) is -5.76. The van der Waals surface area contributed by atoms with E-state index >= 15 is 0 Å². The van der Waals surface area contributed by atoms with Gasteiger partial charge in [0.15, 0.2) is 0 Å². The van der Waals surface area contributed by atoms with Crippen LogP contribution in [0.5, 0.6) is 0 Å². The number of nitro groups is 1. The van der Waals surface area contributed by atoms with Crippen molar-refractivity contribution in [3.63, 3.8) is 0 Å². The molecule has 0 aliphatic carbocycles. The zero-order valence-electron chi connectivity index (χ0n) is 13.3. The molecule has 13 nitrogen and oxygen atoms in total. The largest absolute Gasteiger partial charge is 0.480 e. The van der Waals surface area contributed by atoms with Crippen LogP contribution in [0.15, 0.2) is 0 Å². The molecule has 0 saturated carbocycles. The molecule has 8 N–H and O–H groups in total. The first-order valence-electron chi connectivity index (χ1n) is 7.42. The smallest absolute Gasteiger partial charge is 0.451 e. The molecule has 1 aliphatic heterocycles. The minimum Gasteiger partial charge on any atom is -0.480 e. The molecule has 0 aromatic heterocycles. The molecule has 1 unspecified atom stereocenters. The highest BCUT2D eigenvalue weighted by Gasteiger charge is 2.52. The van der Waals surface area contributed by atoms with Crippen molar-refractivity contribution in [2.24, 2.45) is 17.4 Å². The number of nitrogens with zero attached hydrogens (tertiary/aromatic N) is 2. The molecule has 15 heteroatoms. The first-order chi connectivity index (χ1) is 11.4. The molecule has 25 heavy (non-hydrogen) atoms. The van der Waals surface area contributed by atoms with Crippen LogP contribution in [0.1, 0.15) is 12.8 Å². The van der Waals surface area contributed by atoms with Gasteiger partial charge >= 0.3 is 13.1 Å². The van der Waals surface area contributed by atoms with Gasteiger partial charge in [-0.05, 0) is 12.7 Å². The fourth-order valence-electron chi connectivity index (χ4n) is 2.57. The quantitative estimate of drug-likeness (QED) is 0.0939. The van der Waals surface area contributed by atoms with E-state index in [2.05, 4.69) is 0 Å². The summed E-state index contributed by atoms with van der Waals surface area (Å²) in [5, 5.41) is 37.5. The topological polar surface area (TPSA) is 222 Å². The predicted molar refractivity (Wildman–Crippen MR) is 85.7 cm³/mol. The average Bonchev–Trinajstić information content (AvgIpc) is 2.84. The van der Waals surface area contributed by atoms with Crippen molar-refractivity contribution in [2.75, 3.05) is 19.6 Å². The van der Waals surface area contributed by atoms with E-state index in [1.807, 2.05) is 4.72 Å². The van der Waals surface area contributed by atoms with Crippen molar-refractivity contribution in [3.05, 3.63) is 10.1 Å². The molecule has 1 rings (SSSR count). The van der Waals surface area contributed by atoms with Crippen molar-refractivity contribution in [1.29, 1.82) is 0 Å². The third kappa shape index (κ3) is 5.57. The highest BCUT2D eigenvalue weighted by Crippen LogP contribution is 2.31. The van der Waals surface area contributed by atoms with E-state index in [1.54, 1.807) is 0 Å². The predicted octanol–water partition coefficient (Wildman–Crippen LogP) is -3.65. The van der Waals surface area contributed by atoms with Crippen molar-refractivity contribution >= 4 is 23.3 Å². The molecule has 3 atom stereocenters. The Labute approximate surface area is 144 Å². The number of carboxylic acid groups (broad SMARTS) is 1. The maximum absolute atomic E-state index is 12.2. The summed E-state index contributed by atoms with van der Waals surface area (Å²) in [4.78, 5) is 21.1. The van der Waals surface area contributed by atoms with Crippen molar-refractivity contribution in [1.82, 2.24) is 9.03 Å². The van der Waals surface area contributed by atoms with E-state index in [4.69, 9.17) is 21.5 Å². The van der Waals surface area contributed by atoms with Gasteiger partial charge in [0.25, 0.3) is 16.4 Å². The lowest BCUT2D eigenvalue weighted by Crippen LogP contribution is -2.55. The second-order valence-electron chi connectivity index (χ2n) is 5.95. The Bertz CT molecular complexity index is 604. The summed E-state index contributed by atoms with van der Waals surface area (Å²) >= 11 is 0. The average molecular weight is 383 g/mol. The summed E-state index contributed by atoms with van der Waals surface area (Å²) in [5.74, 6) is -2.15. The standard InChI is InChI=1S/C10H22BN5O8S/c12-8(16(21)22)4-14-25(23,24)15-5-7(2-1-3-11(19)20)10(13,6-15)9(17)18/h7-8,14,19-20H,1-6,12-13H2,(H,17,18)/t7-,8?,10-/m0/s1. The van der Waals surface area contributed by atoms with Crippen LogP contribution in [0.25, 0.3) is 0 Å². The molecular formula is C10H22BN5O8S. The van der Waals surface area contributed by atoms with Gasteiger partial charge < -0.3 is 20.9 Å². The van der Waals surface area contributed by atoms with Crippen LogP contribution < -0.4 is 16.2 Å². The molecule has 1 fully saturated rings. The van der Waals surface area contributed by atoms with Crippen molar-refractivity contribution in [2.45, 2.75) is 30.9 Å². The molecule has 0 spiro atoms. The third-order valence-corrected chi connectivity index (χ3v) is 5.58. The number of carbonyl (C=O) groups is 1. The summed E-state index contributed by atoms with van der Waals surface area (Å²) < 4.78 is 27.2. The number of nitrogens with one attached hydrogen (secondary N) is 1. The second-order valence-corrected chi connectivity index (χ2v) is 7.71. The summed E-state index contributed by atoms with van der Waals surface area (Å²) in [5.41, 5.74) is 9.15. The number of hydrogen-bond acceptors (Lipinski definition) is 9. The Kier molecular flexibility index (Phi) is 7.24. The number of aliphatic carboxylic acids is 1. The van der Waals surface area contributed by atoms with Gasteiger partial charge in [-0.1, -0.05) is 6.42 Å². The molecule has 0 aromatic rings. The molecule has 1 aliphatic rings. The molecule has 0 radical (unpaired) electrons. The molecule has 0 bridgehead atoms. The van der Waals surface area contributed by atoms with Gasteiger partial charge in [-0.2, -0.15) is 17.4 Å². The Morgan fingerprint density at radius 2 is 2.12 bits per heavy atom. The lowest BCUT2D eigenvalue weighted by Gasteiger charge is -2.25. The zero-order valence-corrected chi connectivity index (χ0v) is 14.1. The molecule has 0 aromatic carbocycles. The van der Waals surface area contributed by atoms with E-state index in [1.165, 1.54) is 0 Å². The Morgan fingerprint density at radius 3 is 2.60 bits per heavy atom. The van der Waals surface area contributed by atoms with Crippen LogP contribution in [0.3, 0.4) is 0 Å². The lowest BCUT2D eigenvalue weighted by atomic mass is 9.78. The highest BCUT2D eigenvalue weighted by atomic mass is 32.2. The molecule has 1 saturated heterocycles. The number of nitrogens with two attached hydrogens (primary N) is 2. The normalized spacial score (nSPS) is 25.7. The maximum atomic E-state index is 12.2. The Hall–Kier alpha value is -1.36. The SMILES string of the molecule is NC(CNS(=O)(=O)N1C[C@H](CCCB(O)O)[C@](N)(C(=O)O)C1)[N+](=O)[O-]. The minimum absolute atomic E-state index is 0.00507. The van der Waals surface area contributed by atoms with E-state index in [-0.39, 0.29) is 25.7 Å². The van der Waals surface area contributed by atoms with E-state index in [9.17, 15) is 28.4 Å². The fourth-order valence-corrected chi connectivity index (χ4v) is 3.90. The van der Waals surface area contributed by atoms with Crippen LogP contribution in [-0.4, -0.2) is 77.2 Å². The van der Waals surface area contributed by atoms with Gasteiger partial charge in [-0.15, -0.1) is 0 Å². The lowest BCUT2D eigenvalue weighted by molar-refractivity contribution is -0.518. The van der Waals surface area contributed by atoms with Gasteiger partial charge in [0, 0.05) is 23.9 Å². The second kappa shape index (κ2) is 8.35. The number of rotatable bonds is 10. The number of carboxylic acids is 1. The van der Waals surface area contributed by atoms with Gasteiger partial charge in [-0.3, -0.25) is 20.6 Å². The van der Waals surface area contributed by atoms with Gasteiger partial charge in [0.05, 0.1) is 6.54 Å². The third-order valence-electron chi connectivity index (χ3n) is 4.09. The first kappa shape index (κ1) is 21.7. The zero-order chi connectivity index (χ0) is 19.4. The van der Waals surface area contributed by atoms with E-state index < -0.39 is 58.9 Å². The van der Waals surface area contributed by atoms with Crippen molar-refractivity contribution < 1.29 is 33.3 Å². The monoisotopic (exact) mass is 383 g/mol. The molecular weight excluding hydrogens is 361 g/mol. The first-order valence-corrected chi connectivity index (χ1v) is 8.86. The summed E-state index contributed by atoms with van der Waals surface area (Å²) in [6.07, 6.45) is -1.24. The maximum Gasteiger partial charge on any atom is 0.451 e. The van der Waals surface area contributed by atoms with Gasteiger partial charge in [0.1, 0.15) is 5.54 Å². The van der Waals surface area contributed by atoms with E-state index in [0.29, 0.717) is 0 Å². The molecule has 144 valence electrons. The van der Waals surface area contributed by atoms with E-state index in [0.717, 1.165) is 4.31 Å². The van der Waals surface area contributed by atoms with Crippen LogP contribution >= 0.6 is 0 Å². The van der Waals surface area contributed by atoms with Crippen LogP contribution in [0.4, 0.5) is 0 Å². The van der Waals surface area contributed by atoms with Crippen LogP contribution in [-0.2, 0) is 15.0 Å². The highest BCUT2D eigenvalue weighted by molar-refractivity contribution is 7.87. The summed E-state index contributed by atoms with van der Waals surface area (Å²) in [6, 6.07) is 0. The Morgan fingerprint density at radius 1 is 1.52 bits per heavy atom. The van der Waals surface area contributed by atoms with Crippen LogP contribution in [0.2, 0.25) is 6.32 Å². The van der Waals surface area contributed by atoms with Gasteiger partial charge in [0.2, 0.25) is 0 Å². The fraction of sp³-hybridized carbons (Fsp3) is 0.900. The molecule has 0 amide bonds. The molecule has 1 heterocycles. The number of hydrogen-bond donors (Lipinski definition) is 6. The van der Waals surface area contributed by atoms with Crippen LogP contribution in [0, 0.1) is 16.0 Å². The summed E-state index contributed by atoms with van der Waals surface area (Å²) in [6.45, 7) is -1.39.